The molecule has 0 saturated carbocycles. The van der Waals surface area contributed by atoms with Gasteiger partial charge in [0.05, 0.1) is 23.1 Å². The molecule has 12 heteroatoms. The van der Waals surface area contributed by atoms with Crippen LogP contribution in [0.2, 0.25) is 0 Å². The maximum absolute atomic E-state index is 14.0. The molecule has 0 heterocycles. The number of aryl methyl sites for hydroxylation is 1. The third-order valence-corrected chi connectivity index (χ3v) is 9.97. The third kappa shape index (κ3) is 13.6. The first-order valence-electron chi connectivity index (χ1n) is 15.8. The number of benzene rings is 2. The Labute approximate surface area is 279 Å². The lowest BCUT2D eigenvalue weighted by Crippen LogP contribution is -2.58. The summed E-state index contributed by atoms with van der Waals surface area (Å²) in [5.41, 5.74) is 1.44. The highest BCUT2D eigenvalue weighted by Crippen LogP contribution is 2.19. The number of hydrogen-bond acceptors (Lipinski definition) is 6. The van der Waals surface area contributed by atoms with Crippen molar-refractivity contribution in [3.8, 4) is 0 Å². The van der Waals surface area contributed by atoms with Gasteiger partial charge in [0.1, 0.15) is 17.7 Å². The summed E-state index contributed by atoms with van der Waals surface area (Å²) in [6.45, 7) is 11.2. The van der Waals surface area contributed by atoms with E-state index in [1.165, 1.54) is 0 Å². The lowest BCUT2D eigenvalue weighted by atomic mass is 9.95. The van der Waals surface area contributed by atoms with E-state index in [4.69, 9.17) is 0 Å². The molecule has 0 spiro atoms. The van der Waals surface area contributed by atoms with Gasteiger partial charge in [0.15, 0.2) is 9.84 Å². The van der Waals surface area contributed by atoms with Crippen LogP contribution in [-0.2, 0) is 38.8 Å². The quantitative estimate of drug-likeness (QED) is 0.174. The van der Waals surface area contributed by atoms with Crippen LogP contribution >= 0.6 is 12.4 Å². The van der Waals surface area contributed by atoms with Crippen molar-refractivity contribution in [3.63, 3.8) is 0 Å². The van der Waals surface area contributed by atoms with Crippen molar-refractivity contribution in [2.75, 3.05) is 12.3 Å². The van der Waals surface area contributed by atoms with E-state index in [1.807, 2.05) is 38.1 Å². The van der Waals surface area contributed by atoms with E-state index in [-0.39, 0.29) is 30.9 Å². The van der Waals surface area contributed by atoms with Crippen LogP contribution in [0, 0.1) is 17.0 Å². The van der Waals surface area contributed by atoms with Crippen LogP contribution in [0.5, 0.6) is 0 Å². The van der Waals surface area contributed by atoms with E-state index in [0.717, 1.165) is 35.7 Å². The molecular formula is C34H52ClF2N3O5S. The van der Waals surface area contributed by atoms with Crippen LogP contribution in [-0.4, -0.2) is 61.1 Å². The molecule has 0 aliphatic carbocycles. The van der Waals surface area contributed by atoms with Gasteiger partial charge in [0, 0.05) is 24.6 Å². The highest BCUT2D eigenvalue weighted by atomic mass is 35.5. The van der Waals surface area contributed by atoms with Crippen molar-refractivity contribution in [3.05, 3.63) is 70.8 Å². The summed E-state index contributed by atoms with van der Waals surface area (Å²) in [6, 6.07) is 8.40. The summed E-state index contributed by atoms with van der Waals surface area (Å²) in [6.07, 6.45) is 1.64. The maximum atomic E-state index is 14.0. The predicted molar refractivity (Wildman–Crippen MR) is 182 cm³/mol. The van der Waals surface area contributed by atoms with Gasteiger partial charge in [-0.25, -0.2) is 17.2 Å². The van der Waals surface area contributed by atoms with E-state index in [0.29, 0.717) is 32.2 Å². The SMILES string of the molecule is CCCC(CCC)S(=O)(=O)C[C@@H](NC(=O)C(C)(C)C)C(=O)N[C@@H](Cc1cc(F)cc(F)c1)[C@H](O)CNCc1cccc(CC)c1.Cl. The summed E-state index contributed by atoms with van der Waals surface area (Å²) in [5, 5.41) is 19.0. The number of rotatable bonds is 18. The highest BCUT2D eigenvalue weighted by molar-refractivity contribution is 7.92. The van der Waals surface area contributed by atoms with Crippen molar-refractivity contribution >= 4 is 34.1 Å². The first-order valence-corrected chi connectivity index (χ1v) is 17.6. The first kappa shape index (κ1) is 41.4. The van der Waals surface area contributed by atoms with Gasteiger partial charge in [-0.15, -0.1) is 12.4 Å². The van der Waals surface area contributed by atoms with Gasteiger partial charge in [0.2, 0.25) is 11.8 Å². The van der Waals surface area contributed by atoms with E-state index >= 15 is 0 Å². The molecule has 2 aromatic carbocycles. The van der Waals surface area contributed by atoms with Crippen LogP contribution in [0.4, 0.5) is 8.78 Å². The molecule has 8 nitrogen and oxygen atoms in total. The number of nitrogens with one attached hydrogen (secondary N) is 3. The zero-order valence-corrected chi connectivity index (χ0v) is 29.5. The van der Waals surface area contributed by atoms with Crippen LogP contribution in [0.1, 0.15) is 83.9 Å². The Hall–Kier alpha value is -2.60. The molecule has 2 rings (SSSR count). The molecule has 46 heavy (non-hydrogen) atoms. The Kier molecular flexibility index (Phi) is 17.4. The second kappa shape index (κ2) is 19.3. The van der Waals surface area contributed by atoms with E-state index in [9.17, 15) is 31.9 Å². The number of aliphatic hydroxyl groups is 1. The number of sulfone groups is 1. The second-order valence-electron chi connectivity index (χ2n) is 12.8. The highest BCUT2D eigenvalue weighted by Gasteiger charge is 2.36. The van der Waals surface area contributed by atoms with E-state index in [1.54, 1.807) is 20.8 Å². The van der Waals surface area contributed by atoms with Crippen LogP contribution < -0.4 is 16.0 Å². The molecule has 260 valence electrons. The van der Waals surface area contributed by atoms with Crippen molar-refractivity contribution in [2.24, 2.45) is 5.41 Å². The zero-order valence-electron chi connectivity index (χ0n) is 27.9. The van der Waals surface area contributed by atoms with Gasteiger partial charge >= 0.3 is 0 Å². The largest absolute Gasteiger partial charge is 0.390 e. The molecule has 0 radical (unpaired) electrons. The number of carbonyl (C=O) groups is 2. The summed E-state index contributed by atoms with van der Waals surface area (Å²) in [4.78, 5) is 26.7. The molecule has 0 aliphatic rings. The maximum Gasteiger partial charge on any atom is 0.243 e. The van der Waals surface area contributed by atoms with Crippen molar-refractivity contribution in [2.45, 2.75) is 110 Å². The molecule has 3 atom stereocenters. The molecule has 0 saturated heterocycles. The summed E-state index contributed by atoms with van der Waals surface area (Å²) in [7, 11) is -3.81. The minimum atomic E-state index is -3.81. The topological polar surface area (TPSA) is 125 Å². The second-order valence-corrected chi connectivity index (χ2v) is 15.1. The average Bonchev–Trinajstić information content (AvgIpc) is 2.95. The number of amides is 2. The molecule has 0 bridgehead atoms. The Bertz CT molecular complexity index is 1340. The average molecular weight is 688 g/mol. The fraction of sp³-hybridized carbons (Fsp3) is 0.588. The molecule has 2 amide bonds. The molecule has 0 aromatic heterocycles. The standard InChI is InChI=1S/C34H51F2N3O5S.ClH/c1-7-11-28(12-8-2)45(43,44)22-30(39-33(42)34(4,5)6)32(41)38-29(18-25-16-26(35)19-27(36)17-25)31(40)21-37-20-24-14-10-13-23(9-3)15-24;/h10,13-17,19,28-31,37,40H,7-9,11-12,18,20-22H2,1-6H3,(H,38,41)(H,39,42);1H/t29-,30+,31+;/m0./s1. The number of aliphatic hydroxyl groups excluding tert-OH is 1. The summed E-state index contributed by atoms with van der Waals surface area (Å²) < 4.78 is 55.1. The van der Waals surface area contributed by atoms with Gasteiger partial charge in [-0.1, -0.05) is 78.6 Å². The molecule has 0 unspecified atom stereocenters. The lowest BCUT2D eigenvalue weighted by Gasteiger charge is -2.29. The van der Waals surface area contributed by atoms with Gasteiger partial charge in [-0.2, -0.15) is 0 Å². The van der Waals surface area contributed by atoms with E-state index in [2.05, 4.69) is 22.9 Å². The van der Waals surface area contributed by atoms with E-state index < -0.39 is 67.9 Å². The fourth-order valence-electron chi connectivity index (χ4n) is 5.09. The van der Waals surface area contributed by atoms with Crippen molar-refractivity contribution in [1.29, 1.82) is 0 Å². The molecular weight excluding hydrogens is 636 g/mol. The number of hydrogen-bond donors (Lipinski definition) is 4. The van der Waals surface area contributed by atoms with Crippen LogP contribution in [0.3, 0.4) is 0 Å². The molecule has 0 aliphatic heterocycles. The predicted octanol–water partition coefficient (Wildman–Crippen LogP) is 5.04. The number of carbonyl (C=O) groups excluding carboxylic acids is 2. The summed E-state index contributed by atoms with van der Waals surface area (Å²) in [5.74, 6) is -3.55. The first-order chi connectivity index (χ1) is 21.1. The smallest absolute Gasteiger partial charge is 0.243 e. The van der Waals surface area contributed by atoms with Crippen molar-refractivity contribution < 1.29 is 31.9 Å². The van der Waals surface area contributed by atoms with Gasteiger partial charge in [0.25, 0.3) is 0 Å². The third-order valence-electron chi connectivity index (χ3n) is 7.68. The monoisotopic (exact) mass is 687 g/mol. The minimum absolute atomic E-state index is 0. The Morgan fingerprint density at radius 3 is 2.02 bits per heavy atom. The number of halogens is 3. The van der Waals surface area contributed by atoms with Gasteiger partial charge in [-0.05, 0) is 54.5 Å². The van der Waals surface area contributed by atoms with Crippen molar-refractivity contribution in [1.82, 2.24) is 16.0 Å². The molecule has 2 aromatic rings. The minimum Gasteiger partial charge on any atom is -0.390 e. The van der Waals surface area contributed by atoms with Crippen LogP contribution in [0.15, 0.2) is 42.5 Å². The Morgan fingerprint density at radius 1 is 0.891 bits per heavy atom. The summed E-state index contributed by atoms with van der Waals surface area (Å²) >= 11 is 0. The van der Waals surface area contributed by atoms with Crippen LogP contribution in [0.25, 0.3) is 0 Å². The van der Waals surface area contributed by atoms with Gasteiger partial charge < -0.3 is 21.1 Å². The Balaban J connectivity index is 0.0000106. The molecule has 4 N–H and O–H groups in total. The Morgan fingerprint density at radius 2 is 1.48 bits per heavy atom. The lowest BCUT2D eigenvalue weighted by molar-refractivity contribution is -0.133. The van der Waals surface area contributed by atoms with Gasteiger partial charge in [-0.3, -0.25) is 9.59 Å². The normalized spacial score (nSPS) is 13.9. The zero-order chi connectivity index (χ0) is 33.8. The fourth-order valence-corrected chi connectivity index (χ4v) is 7.25. The molecule has 0 fully saturated rings.